The summed E-state index contributed by atoms with van der Waals surface area (Å²) < 4.78 is 68.7. The van der Waals surface area contributed by atoms with E-state index in [1.54, 1.807) is 116 Å². The number of hydrogen-bond donors (Lipinski definition) is 6. The summed E-state index contributed by atoms with van der Waals surface area (Å²) in [4.78, 5) is 26.5. The molecule has 0 amide bonds. The average molecular weight is 1560 g/mol. The van der Waals surface area contributed by atoms with Gasteiger partial charge in [0.2, 0.25) is 0 Å². The van der Waals surface area contributed by atoms with Crippen LogP contribution in [0.15, 0.2) is 235 Å². The van der Waals surface area contributed by atoms with Crippen molar-refractivity contribution in [1.29, 1.82) is 0 Å². The number of methoxy groups -OCH3 is 2. The molecule has 7 aromatic carbocycles. The Balaban J connectivity index is 0.000000142. The zero-order valence-corrected chi connectivity index (χ0v) is 64.6. The third-order valence-electron chi connectivity index (χ3n) is 17.8. The number of benzene rings is 7. The van der Waals surface area contributed by atoms with E-state index in [2.05, 4.69) is 74.4 Å². The highest BCUT2D eigenvalue weighted by Crippen LogP contribution is 2.41. The lowest BCUT2D eigenvalue weighted by molar-refractivity contribution is 0.355. The number of aromatic nitrogens is 5. The standard InChI is InChI=1S/C21H17FN2O2.C19H13FN2.C19H16N2OS.C18H13FN2O.C18H13FN2S/c1-4-16-17(14-7-10-19(25-2)20(11-14)26-3)12-18(24-21(16)23)13-5-8-15(22)9-6-13;1-2-16-17(13-6-4-3-5-7-13)12-18(22-19(16)21)14-8-10-15(20)11-9-14;1-4-15-17(13-6-5-7-14(22)9-13)10-18(21-19(15)20)16-8-11(2)23-12(16)3;2*1-3-14-15(17-9-4-11(2)22-17)10-16(21-18(14)20)12-5-7-13(19)8-6-12/h1,5-12H,2-3H3,(H2,23,24);1,3-12H,(H2,21,22);1,5-10,22H,2-3H3,(H2,20,21);2*1,4-10H,2H3,(H2,20,21). The van der Waals surface area contributed by atoms with Crippen molar-refractivity contribution in [3.63, 3.8) is 0 Å². The van der Waals surface area contributed by atoms with E-state index in [1.807, 2.05) is 111 Å². The number of hydrogen-bond acceptors (Lipinski definition) is 16. The van der Waals surface area contributed by atoms with Gasteiger partial charge in [-0.05, 0) is 226 Å². The number of aryl methyl sites for hydroxylation is 4. The van der Waals surface area contributed by atoms with Gasteiger partial charge in [0, 0.05) is 75.1 Å². The number of furan rings is 1. The molecule has 0 aliphatic carbocycles. The van der Waals surface area contributed by atoms with Crippen molar-refractivity contribution >= 4 is 51.8 Å². The van der Waals surface area contributed by atoms with E-state index in [0.717, 1.165) is 83.1 Å². The first kappa shape index (κ1) is 80.9. The number of thiophene rings is 2. The number of phenolic OH excluding ortho intramolecular Hbond substituents is 1. The Kier molecular flexibility index (Phi) is 25.8. The van der Waals surface area contributed by atoms with Crippen LogP contribution < -0.4 is 38.1 Å². The minimum Gasteiger partial charge on any atom is -0.508 e. The number of ether oxygens (including phenoxy) is 2. The predicted molar refractivity (Wildman–Crippen MR) is 459 cm³/mol. The van der Waals surface area contributed by atoms with Crippen molar-refractivity contribution in [3.8, 4) is 190 Å². The highest BCUT2D eigenvalue weighted by molar-refractivity contribution is 7.15. The molecule has 0 saturated heterocycles. The van der Waals surface area contributed by atoms with E-state index in [4.69, 9.17) is 74.7 Å². The number of nitrogens with two attached hydrogens (primary N) is 5. The molecule has 0 atom stereocenters. The molecule has 8 aromatic heterocycles. The van der Waals surface area contributed by atoms with Gasteiger partial charge in [-0.25, -0.2) is 42.5 Å². The molecule has 15 aromatic rings. The van der Waals surface area contributed by atoms with Crippen molar-refractivity contribution in [2.45, 2.75) is 27.7 Å². The number of aromatic hydroxyl groups is 1. The van der Waals surface area contributed by atoms with E-state index in [1.165, 1.54) is 63.2 Å². The summed E-state index contributed by atoms with van der Waals surface area (Å²) in [7, 11) is 3.13. The highest BCUT2D eigenvalue weighted by Gasteiger charge is 2.21. The van der Waals surface area contributed by atoms with Crippen LogP contribution in [0.25, 0.3) is 111 Å². The van der Waals surface area contributed by atoms with Crippen molar-refractivity contribution in [2.75, 3.05) is 42.9 Å². The Bertz CT molecular complexity index is 6160. The first-order chi connectivity index (χ1) is 55.4. The van der Waals surface area contributed by atoms with E-state index >= 15 is 0 Å². The number of anilines is 5. The second-order valence-corrected chi connectivity index (χ2v) is 28.2. The van der Waals surface area contributed by atoms with Crippen molar-refractivity contribution in [3.05, 3.63) is 302 Å². The van der Waals surface area contributed by atoms with Crippen molar-refractivity contribution in [2.24, 2.45) is 0 Å². The number of rotatable bonds is 12. The Morgan fingerprint density at radius 2 is 0.713 bits per heavy atom. The molecule has 14 nitrogen and oxygen atoms in total. The van der Waals surface area contributed by atoms with Gasteiger partial charge in [-0.1, -0.05) is 78.1 Å². The Morgan fingerprint density at radius 1 is 0.339 bits per heavy atom. The van der Waals surface area contributed by atoms with Gasteiger partial charge in [-0.3, -0.25) is 0 Å². The lowest BCUT2D eigenvalue weighted by Gasteiger charge is -2.13. The van der Waals surface area contributed by atoms with Crippen LogP contribution in [-0.4, -0.2) is 44.2 Å². The summed E-state index contributed by atoms with van der Waals surface area (Å²) >= 11 is 3.37. The molecular formula is C95H72F4N10O4S2. The normalized spacial score (nSPS) is 10.3. The number of phenols is 1. The molecule has 8 heterocycles. The fourth-order valence-corrected chi connectivity index (χ4v) is 14.0. The molecule has 0 radical (unpaired) electrons. The summed E-state index contributed by atoms with van der Waals surface area (Å²) in [5, 5.41) is 9.74. The van der Waals surface area contributed by atoms with Gasteiger partial charge in [0.1, 0.15) is 69.6 Å². The van der Waals surface area contributed by atoms with E-state index in [-0.39, 0.29) is 40.7 Å². The minimum atomic E-state index is -0.318. The lowest BCUT2D eigenvalue weighted by Crippen LogP contribution is -2.00. The summed E-state index contributed by atoms with van der Waals surface area (Å²) in [5.74, 6) is 16.0. The zero-order chi connectivity index (χ0) is 82.1. The third-order valence-corrected chi connectivity index (χ3v) is 19.8. The Hall–Kier alpha value is -15.1. The van der Waals surface area contributed by atoms with E-state index < -0.39 is 0 Å². The smallest absolute Gasteiger partial charge is 0.161 e. The van der Waals surface area contributed by atoms with Gasteiger partial charge in [-0.15, -0.1) is 54.8 Å². The number of nitrogen functional groups attached to an aromatic ring is 5. The van der Waals surface area contributed by atoms with Gasteiger partial charge < -0.3 is 47.7 Å². The fraction of sp³-hybridized carbons (Fsp3) is 0.0632. The first-order valence-corrected chi connectivity index (χ1v) is 36.7. The van der Waals surface area contributed by atoms with Crippen molar-refractivity contribution < 1.29 is 36.6 Å². The Morgan fingerprint density at radius 3 is 1.10 bits per heavy atom. The summed E-state index contributed by atoms with van der Waals surface area (Å²) in [5.41, 5.74) is 46.9. The van der Waals surface area contributed by atoms with Gasteiger partial charge in [0.25, 0.3) is 0 Å². The van der Waals surface area contributed by atoms with Crippen LogP contribution in [0, 0.1) is 113 Å². The molecule has 115 heavy (non-hydrogen) atoms. The molecule has 20 heteroatoms. The SMILES string of the molecule is C#Cc1c(-c2ccc(C)o2)cc(-c2ccc(F)cc2)nc1N.C#Cc1c(-c2ccc(C)s2)cc(-c2ccc(F)cc2)nc1N.C#Cc1c(-c2ccc(OC)c(OC)c2)cc(-c2ccc(F)cc2)nc1N.C#Cc1c(-c2cccc(O)c2)cc(-c2cc(C)sc2C)nc1N.C#Cc1c(-c2ccccc2)cc(-c2ccc(F)cc2)nc1N. The second kappa shape index (κ2) is 36.6. The van der Waals surface area contributed by atoms with Gasteiger partial charge in [0.15, 0.2) is 11.5 Å². The van der Waals surface area contributed by atoms with Crippen LogP contribution in [-0.2, 0) is 0 Å². The summed E-state index contributed by atoms with van der Waals surface area (Å²) in [6.07, 6.45) is 28.0. The molecule has 0 fully saturated rings. The maximum Gasteiger partial charge on any atom is 0.161 e. The first-order valence-electron chi connectivity index (χ1n) is 35.1. The average Bonchev–Trinajstić information content (AvgIpc) is 1.79. The monoisotopic (exact) mass is 1560 g/mol. The van der Waals surface area contributed by atoms with E-state index in [0.29, 0.717) is 90.9 Å². The summed E-state index contributed by atoms with van der Waals surface area (Å²) in [6, 6.07) is 65.7. The number of halogens is 4. The summed E-state index contributed by atoms with van der Waals surface area (Å²) in [6.45, 7) is 8.02. The molecule has 11 N–H and O–H groups in total. The molecule has 566 valence electrons. The molecule has 0 aliphatic rings. The van der Waals surface area contributed by atoms with Gasteiger partial charge >= 0.3 is 0 Å². The van der Waals surface area contributed by atoms with Gasteiger partial charge in [0.05, 0.1) is 70.5 Å². The van der Waals surface area contributed by atoms with Crippen molar-refractivity contribution in [1.82, 2.24) is 24.9 Å². The molecule has 15 rings (SSSR count). The molecular weight excluding hydrogens is 1490 g/mol. The van der Waals surface area contributed by atoms with Crippen LogP contribution in [0.5, 0.6) is 17.2 Å². The molecule has 0 bridgehead atoms. The fourth-order valence-electron chi connectivity index (χ4n) is 12.2. The zero-order valence-electron chi connectivity index (χ0n) is 62.9. The largest absolute Gasteiger partial charge is 0.508 e. The van der Waals surface area contributed by atoms with Crippen LogP contribution >= 0.6 is 22.7 Å². The predicted octanol–water partition coefficient (Wildman–Crippen LogP) is 21.1. The maximum atomic E-state index is 13.2. The number of terminal acetylenes is 5. The third kappa shape index (κ3) is 19.2. The molecule has 0 spiro atoms. The van der Waals surface area contributed by atoms with Crippen LogP contribution in [0.1, 0.15) is 48.2 Å². The Labute approximate surface area is 672 Å². The van der Waals surface area contributed by atoms with Gasteiger partial charge in [-0.2, -0.15) is 0 Å². The highest BCUT2D eigenvalue weighted by atomic mass is 32.1. The number of pyridine rings is 5. The second-order valence-electron chi connectivity index (χ2n) is 25.5. The lowest BCUT2D eigenvalue weighted by atomic mass is 9.97. The van der Waals surface area contributed by atoms with Crippen LogP contribution in [0.3, 0.4) is 0 Å². The van der Waals surface area contributed by atoms with Crippen LogP contribution in [0.2, 0.25) is 0 Å². The number of nitrogens with zero attached hydrogens (tertiary/aromatic N) is 5. The van der Waals surface area contributed by atoms with Crippen LogP contribution in [0.4, 0.5) is 46.7 Å². The molecule has 0 aliphatic heterocycles. The maximum absolute atomic E-state index is 13.2. The molecule has 0 unspecified atom stereocenters. The van der Waals surface area contributed by atoms with E-state index in [9.17, 15) is 22.7 Å². The molecule has 0 saturated carbocycles. The quantitative estimate of drug-likeness (QED) is 0.0492. The minimum absolute atomic E-state index is 0.185. The topological polar surface area (TPSA) is 246 Å².